The van der Waals surface area contributed by atoms with Gasteiger partial charge in [0.1, 0.15) is 5.00 Å². The van der Waals surface area contributed by atoms with E-state index in [-0.39, 0.29) is 23.2 Å². The van der Waals surface area contributed by atoms with Gasteiger partial charge in [-0.1, -0.05) is 0 Å². The summed E-state index contributed by atoms with van der Waals surface area (Å²) in [5.74, 6) is -1.09. The normalized spacial score (nSPS) is 11.9. The third-order valence-electron chi connectivity index (χ3n) is 1.77. The summed E-state index contributed by atoms with van der Waals surface area (Å²) in [6.45, 7) is 1.45. The molecule has 0 spiro atoms. The molecule has 2 amide bonds. The van der Waals surface area contributed by atoms with Gasteiger partial charge in [0.25, 0.3) is 0 Å². The van der Waals surface area contributed by atoms with Crippen molar-refractivity contribution in [3.63, 3.8) is 0 Å². The molecule has 0 aliphatic carbocycles. The Morgan fingerprint density at radius 2 is 2.25 bits per heavy atom. The number of carbonyl (C=O) groups is 2. The van der Waals surface area contributed by atoms with Gasteiger partial charge in [-0.3, -0.25) is 5.32 Å². The van der Waals surface area contributed by atoms with Gasteiger partial charge in [-0.2, -0.15) is 0 Å². The minimum atomic E-state index is -1.09. The Balaban J connectivity index is 2.63. The Bertz CT molecular complexity index is 391. The molecule has 88 valence electrons. The van der Waals surface area contributed by atoms with Gasteiger partial charge in [0.05, 0.1) is 18.2 Å². The van der Waals surface area contributed by atoms with Crippen molar-refractivity contribution in [1.29, 1.82) is 0 Å². The van der Waals surface area contributed by atoms with Gasteiger partial charge >= 0.3 is 12.0 Å². The van der Waals surface area contributed by atoms with E-state index in [1.54, 1.807) is 12.3 Å². The van der Waals surface area contributed by atoms with Crippen LogP contribution in [0.15, 0.2) is 11.4 Å². The van der Waals surface area contributed by atoms with Crippen molar-refractivity contribution in [2.75, 3.05) is 11.9 Å². The highest BCUT2D eigenvalue weighted by atomic mass is 32.1. The second-order valence-electron chi connectivity index (χ2n) is 3.15. The molecule has 1 aromatic heterocycles. The zero-order valence-electron chi connectivity index (χ0n) is 8.56. The van der Waals surface area contributed by atoms with Gasteiger partial charge in [0.15, 0.2) is 0 Å². The molecule has 0 fully saturated rings. The number of urea groups is 1. The molecule has 4 N–H and O–H groups in total. The van der Waals surface area contributed by atoms with E-state index in [9.17, 15) is 9.59 Å². The fourth-order valence-corrected chi connectivity index (χ4v) is 1.76. The van der Waals surface area contributed by atoms with Crippen LogP contribution in [-0.2, 0) is 0 Å². The molecular weight excluding hydrogens is 232 g/mol. The molecule has 0 bridgehead atoms. The third-order valence-corrected chi connectivity index (χ3v) is 2.60. The molecule has 1 heterocycles. The van der Waals surface area contributed by atoms with Crippen LogP contribution < -0.4 is 10.6 Å². The summed E-state index contributed by atoms with van der Waals surface area (Å²) in [7, 11) is 0. The number of thiophene rings is 1. The van der Waals surface area contributed by atoms with Gasteiger partial charge in [-0.05, 0) is 18.4 Å². The zero-order valence-corrected chi connectivity index (χ0v) is 9.37. The molecule has 16 heavy (non-hydrogen) atoms. The SMILES string of the molecule is C[C@H](CO)NC(=O)Nc1sccc1C(=O)O. The molecule has 7 heteroatoms. The summed E-state index contributed by atoms with van der Waals surface area (Å²) in [6.07, 6.45) is 0. The predicted molar refractivity (Wildman–Crippen MR) is 60.0 cm³/mol. The Kier molecular flexibility index (Phi) is 4.27. The Hall–Kier alpha value is -1.60. The third kappa shape index (κ3) is 3.21. The van der Waals surface area contributed by atoms with Crippen LogP contribution in [0.1, 0.15) is 17.3 Å². The standard InChI is InChI=1S/C9H12N2O4S/c1-5(4-12)10-9(15)11-7-6(8(13)14)2-3-16-7/h2-3,5,12H,4H2,1H3,(H,13,14)(H2,10,11,15)/t5-/m1/s1. The molecule has 1 aromatic rings. The first-order valence-corrected chi connectivity index (χ1v) is 5.41. The Labute approximate surface area is 95.9 Å². The lowest BCUT2D eigenvalue weighted by molar-refractivity contribution is 0.0698. The molecule has 0 saturated carbocycles. The minimum absolute atomic E-state index is 0.0526. The lowest BCUT2D eigenvalue weighted by Gasteiger charge is -2.11. The van der Waals surface area contributed by atoms with E-state index in [2.05, 4.69) is 10.6 Å². The maximum Gasteiger partial charge on any atom is 0.338 e. The largest absolute Gasteiger partial charge is 0.478 e. The van der Waals surface area contributed by atoms with Crippen molar-refractivity contribution < 1.29 is 19.8 Å². The van der Waals surface area contributed by atoms with Crippen LogP contribution in [-0.4, -0.2) is 34.9 Å². The number of rotatable bonds is 4. The van der Waals surface area contributed by atoms with E-state index in [1.165, 1.54) is 6.07 Å². The molecule has 1 atom stereocenters. The van der Waals surface area contributed by atoms with Gasteiger partial charge in [0.2, 0.25) is 0 Å². The molecule has 0 aliphatic rings. The average Bonchev–Trinajstić information content (AvgIpc) is 2.65. The second kappa shape index (κ2) is 5.47. The first kappa shape index (κ1) is 12.5. The van der Waals surface area contributed by atoms with Crippen LogP contribution in [0, 0.1) is 0 Å². The molecule has 6 nitrogen and oxygen atoms in total. The quantitative estimate of drug-likeness (QED) is 0.633. The highest BCUT2D eigenvalue weighted by Gasteiger charge is 2.14. The number of amides is 2. The summed E-state index contributed by atoms with van der Waals surface area (Å²) >= 11 is 1.13. The number of carboxylic acid groups (broad SMARTS) is 1. The summed E-state index contributed by atoms with van der Waals surface area (Å²) in [6, 6.07) is 0.498. The fraction of sp³-hybridized carbons (Fsp3) is 0.333. The van der Waals surface area contributed by atoms with Crippen LogP contribution in [0.5, 0.6) is 0 Å². The van der Waals surface area contributed by atoms with Crippen LogP contribution in [0.2, 0.25) is 0 Å². The number of nitrogens with one attached hydrogen (secondary N) is 2. The molecule has 0 unspecified atom stereocenters. The summed E-state index contributed by atoms with van der Waals surface area (Å²) in [5, 5.41) is 24.2. The number of carboxylic acids is 1. The smallest absolute Gasteiger partial charge is 0.338 e. The predicted octanol–water partition coefficient (Wildman–Crippen LogP) is 0.949. The lowest BCUT2D eigenvalue weighted by atomic mass is 10.3. The van der Waals surface area contributed by atoms with E-state index in [1.807, 2.05) is 0 Å². The lowest BCUT2D eigenvalue weighted by Crippen LogP contribution is -2.38. The van der Waals surface area contributed by atoms with Crippen LogP contribution >= 0.6 is 11.3 Å². The molecule has 0 radical (unpaired) electrons. The monoisotopic (exact) mass is 244 g/mol. The average molecular weight is 244 g/mol. The number of aliphatic hydroxyl groups excluding tert-OH is 1. The zero-order chi connectivity index (χ0) is 12.1. The van der Waals surface area contributed by atoms with Gasteiger partial charge in [-0.15, -0.1) is 11.3 Å². The van der Waals surface area contributed by atoms with Crippen molar-refractivity contribution in [1.82, 2.24) is 5.32 Å². The van der Waals surface area contributed by atoms with Crippen LogP contribution in [0.25, 0.3) is 0 Å². The van der Waals surface area contributed by atoms with E-state index in [4.69, 9.17) is 10.2 Å². The van der Waals surface area contributed by atoms with Crippen LogP contribution in [0.4, 0.5) is 9.80 Å². The number of carbonyl (C=O) groups excluding carboxylic acids is 1. The number of anilines is 1. The van der Waals surface area contributed by atoms with E-state index >= 15 is 0 Å². The number of hydrogen-bond donors (Lipinski definition) is 4. The maximum atomic E-state index is 11.3. The fourth-order valence-electron chi connectivity index (χ4n) is 0.983. The summed E-state index contributed by atoms with van der Waals surface area (Å²) in [4.78, 5) is 22.1. The van der Waals surface area contributed by atoms with E-state index < -0.39 is 12.0 Å². The molecule has 1 rings (SSSR count). The molecule has 0 aromatic carbocycles. The van der Waals surface area contributed by atoms with Crippen molar-refractivity contribution in [2.45, 2.75) is 13.0 Å². The second-order valence-corrected chi connectivity index (χ2v) is 4.07. The number of aromatic carboxylic acids is 1. The summed E-state index contributed by atoms with van der Waals surface area (Å²) < 4.78 is 0. The Morgan fingerprint density at radius 1 is 1.56 bits per heavy atom. The number of aliphatic hydroxyl groups is 1. The highest BCUT2D eigenvalue weighted by molar-refractivity contribution is 7.14. The van der Waals surface area contributed by atoms with Crippen molar-refractivity contribution >= 4 is 28.3 Å². The van der Waals surface area contributed by atoms with Gasteiger partial charge in [0, 0.05) is 0 Å². The van der Waals surface area contributed by atoms with E-state index in [0.717, 1.165) is 11.3 Å². The van der Waals surface area contributed by atoms with Crippen LogP contribution in [0.3, 0.4) is 0 Å². The van der Waals surface area contributed by atoms with Crippen molar-refractivity contribution in [3.05, 3.63) is 17.0 Å². The molecule has 0 saturated heterocycles. The highest BCUT2D eigenvalue weighted by Crippen LogP contribution is 2.22. The molecular formula is C9H12N2O4S. The van der Waals surface area contributed by atoms with E-state index in [0.29, 0.717) is 0 Å². The van der Waals surface area contributed by atoms with Gasteiger partial charge in [-0.25, -0.2) is 9.59 Å². The summed E-state index contributed by atoms with van der Waals surface area (Å²) in [5.41, 5.74) is 0.0526. The number of hydrogen-bond acceptors (Lipinski definition) is 4. The van der Waals surface area contributed by atoms with Crippen molar-refractivity contribution in [2.24, 2.45) is 0 Å². The minimum Gasteiger partial charge on any atom is -0.478 e. The molecule has 0 aliphatic heterocycles. The topological polar surface area (TPSA) is 98.7 Å². The first-order chi connectivity index (χ1) is 7.54. The van der Waals surface area contributed by atoms with Crippen molar-refractivity contribution in [3.8, 4) is 0 Å². The first-order valence-electron chi connectivity index (χ1n) is 4.53. The maximum absolute atomic E-state index is 11.3. The Morgan fingerprint density at radius 3 is 2.81 bits per heavy atom. The van der Waals surface area contributed by atoms with Gasteiger partial charge < -0.3 is 15.5 Å².